The van der Waals surface area contributed by atoms with Gasteiger partial charge in [-0.3, -0.25) is 0 Å². The summed E-state index contributed by atoms with van der Waals surface area (Å²) < 4.78 is 1.05. The van der Waals surface area contributed by atoms with Gasteiger partial charge in [0.05, 0.1) is 11.1 Å². The fourth-order valence-corrected chi connectivity index (χ4v) is 2.34. The molecule has 2 nitrogen and oxygen atoms in total. The Bertz CT molecular complexity index is 499. The van der Waals surface area contributed by atoms with Crippen LogP contribution in [-0.4, -0.2) is 10.1 Å². The number of H-pyrrole nitrogens is 1. The first-order valence-electron chi connectivity index (χ1n) is 4.69. The summed E-state index contributed by atoms with van der Waals surface area (Å²) in [4.78, 5) is 3.20. The number of aromatic amines is 1. The van der Waals surface area contributed by atoms with Gasteiger partial charge in [0.15, 0.2) is 0 Å². The summed E-state index contributed by atoms with van der Waals surface area (Å²) in [6.45, 7) is 0. The van der Waals surface area contributed by atoms with E-state index >= 15 is 0 Å². The zero-order valence-electron chi connectivity index (χ0n) is 7.55. The number of aliphatic hydroxyl groups is 1. The molecule has 1 heterocycles. The van der Waals surface area contributed by atoms with Crippen LogP contribution in [0, 0.1) is 0 Å². The molecule has 2 aromatic rings. The summed E-state index contributed by atoms with van der Waals surface area (Å²) in [5.41, 5.74) is 1.52. The molecule has 2 N–H and O–H groups in total. The Morgan fingerprint density at radius 3 is 2.86 bits per heavy atom. The van der Waals surface area contributed by atoms with Crippen LogP contribution in [0.1, 0.15) is 18.4 Å². The van der Waals surface area contributed by atoms with Gasteiger partial charge in [-0.25, -0.2) is 0 Å². The molecule has 1 aliphatic carbocycles. The van der Waals surface area contributed by atoms with Gasteiger partial charge in [-0.2, -0.15) is 0 Å². The number of para-hydroxylation sites is 1. The quantitative estimate of drug-likeness (QED) is 0.804. The molecule has 1 aliphatic rings. The lowest BCUT2D eigenvalue weighted by atomic mass is 10.1. The Balaban J connectivity index is 2.34. The first-order chi connectivity index (χ1) is 6.71. The molecular formula is C11H10BrNO. The Hall–Kier alpha value is -0.800. The third-order valence-corrected chi connectivity index (χ3v) is 3.55. The number of aromatic nitrogens is 1. The molecule has 3 heteroatoms. The molecular weight excluding hydrogens is 242 g/mol. The van der Waals surface area contributed by atoms with Crippen LogP contribution >= 0.6 is 15.9 Å². The van der Waals surface area contributed by atoms with Gasteiger partial charge in [-0.05, 0) is 28.8 Å². The zero-order valence-corrected chi connectivity index (χ0v) is 9.13. The first-order valence-corrected chi connectivity index (χ1v) is 5.48. The minimum Gasteiger partial charge on any atom is -0.385 e. The number of hydrogen-bond donors (Lipinski definition) is 2. The highest BCUT2D eigenvalue weighted by Gasteiger charge is 2.43. The lowest BCUT2D eigenvalue weighted by molar-refractivity contribution is 0.153. The van der Waals surface area contributed by atoms with Gasteiger partial charge in [-0.15, -0.1) is 0 Å². The number of fused-ring (bicyclic) bond motifs is 1. The van der Waals surface area contributed by atoms with E-state index in [4.69, 9.17) is 0 Å². The largest absolute Gasteiger partial charge is 0.385 e. The summed E-state index contributed by atoms with van der Waals surface area (Å²) in [5, 5.41) is 11.2. The Labute approximate surface area is 90.1 Å². The average Bonchev–Trinajstić information content (AvgIpc) is 2.83. The average molecular weight is 252 g/mol. The summed E-state index contributed by atoms with van der Waals surface area (Å²) >= 11 is 3.48. The number of benzene rings is 1. The molecule has 0 amide bonds. The van der Waals surface area contributed by atoms with Crippen LogP contribution in [-0.2, 0) is 5.60 Å². The van der Waals surface area contributed by atoms with Crippen molar-refractivity contribution in [3.05, 3.63) is 34.4 Å². The van der Waals surface area contributed by atoms with Crippen molar-refractivity contribution in [3.63, 3.8) is 0 Å². The molecule has 1 aromatic heterocycles. The Kier molecular flexibility index (Phi) is 1.59. The molecule has 0 radical (unpaired) electrons. The highest BCUT2D eigenvalue weighted by atomic mass is 79.9. The van der Waals surface area contributed by atoms with Gasteiger partial charge in [-0.1, -0.05) is 18.2 Å². The second-order valence-corrected chi connectivity index (χ2v) is 4.75. The maximum atomic E-state index is 10.1. The molecule has 1 saturated carbocycles. The lowest BCUT2D eigenvalue weighted by Crippen LogP contribution is -2.04. The summed E-state index contributed by atoms with van der Waals surface area (Å²) in [5.74, 6) is 0. The SMILES string of the molecule is OC1(c2cccc3c(Br)c[nH]c23)CC1. The summed E-state index contributed by atoms with van der Waals surface area (Å²) in [6, 6.07) is 6.04. The Morgan fingerprint density at radius 2 is 2.14 bits per heavy atom. The topological polar surface area (TPSA) is 36.0 Å². The van der Waals surface area contributed by atoms with Crippen molar-refractivity contribution in [1.82, 2.24) is 4.98 Å². The van der Waals surface area contributed by atoms with Crippen LogP contribution in [0.5, 0.6) is 0 Å². The van der Waals surface area contributed by atoms with E-state index in [1.165, 1.54) is 0 Å². The second-order valence-electron chi connectivity index (χ2n) is 3.90. The molecule has 0 saturated heterocycles. The maximum Gasteiger partial charge on any atom is 0.0919 e. The van der Waals surface area contributed by atoms with Crippen LogP contribution in [0.4, 0.5) is 0 Å². The van der Waals surface area contributed by atoms with Gasteiger partial charge in [0.2, 0.25) is 0 Å². The monoisotopic (exact) mass is 251 g/mol. The molecule has 1 aromatic carbocycles. The van der Waals surface area contributed by atoms with Crippen LogP contribution in [0.3, 0.4) is 0 Å². The predicted octanol–water partition coefficient (Wildman–Crippen LogP) is 2.91. The molecule has 0 spiro atoms. The Morgan fingerprint density at radius 1 is 1.36 bits per heavy atom. The fourth-order valence-electron chi connectivity index (χ4n) is 1.90. The first kappa shape index (κ1) is 8.50. The molecule has 0 atom stereocenters. The van der Waals surface area contributed by atoms with Gasteiger partial charge in [0.1, 0.15) is 0 Å². The van der Waals surface area contributed by atoms with E-state index in [1.807, 2.05) is 24.4 Å². The normalized spacial score (nSPS) is 18.7. The highest BCUT2D eigenvalue weighted by Crippen LogP contribution is 2.47. The number of rotatable bonds is 1. The van der Waals surface area contributed by atoms with Crippen LogP contribution < -0.4 is 0 Å². The third-order valence-electron chi connectivity index (χ3n) is 2.89. The number of hydrogen-bond acceptors (Lipinski definition) is 1. The van der Waals surface area contributed by atoms with Crippen molar-refractivity contribution in [2.45, 2.75) is 18.4 Å². The molecule has 72 valence electrons. The van der Waals surface area contributed by atoms with E-state index < -0.39 is 5.60 Å². The van der Waals surface area contributed by atoms with E-state index in [1.54, 1.807) is 0 Å². The lowest BCUT2D eigenvalue weighted by Gasteiger charge is -2.08. The van der Waals surface area contributed by atoms with Crippen LogP contribution in [0.2, 0.25) is 0 Å². The van der Waals surface area contributed by atoms with E-state index in [-0.39, 0.29) is 0 Å². The van der Waals surface area contributed by atoms with Gasteiger partial charge in [0, 0.05) is 21.6 Å². The zero-order chi connectivity index (χ0) is 9.76. The number of nitrogens with one attached hydrogen (secondary N) is 1. The van der Waals surface area contributed by atoms with E-state index in [9.17, 15) is 5.11 Å². The summed E-state index contributed by atoms with van der Waals surface area (Å²) in [6.07, 6.45) is 3.67. The maximum absolute atomic E-state index is 10.1. The number of halogens is 1. The minimum atomic E-state index is -0.566. The standard InChI is InChI=1S/C11H10BrNO/c12-9-6-13-10-7(9)2-1-3-8(10)11(14)4-5-11/h1-3,6,13-14H,4-5H2. The van der Waals surface area contributed by atoms with Crippen molar-refractivity contribution in [2.75, 3.05) is 0 Å². The van der Waals surface area contributed by atoms with Crippen molar-refractivity contribution < 1.29 is 5.11 Å². The van der Waals surface area contributed by atoms with Gasteiger partial charge in [0.25, 0.3) is 0 Å². The summed E-state index contributed by atoms with van der Waals surface area (Å²) in [7, 11) is 0. The van der Waals surface area contributed by atoms with E-state index in [0.29, 0.717) is 0 Å². The van der Waals surface area contributed by atoms with Crippen LogP contribution in [0.15, 0.2) is 28.9 Å². The molecule has 0 bridgehead atoms. The predicted molar refractivity (Wildman–Crippen MR) is 59.1 cm³/mol. The van der Waals surface area contributed by atoms with Crippen molar-refractivity contribution in [3.8, 4) is 0 Å². The van der Waals surface area contributed by atoms with E-state index in [2.05, 4.69) is 20.9 Å². The third kappa shape index (κ3) is 1.06. The highest BCUT2D eigenvalue weighted by molar-refractivity contribution is 9.10. The van der Waals surface area contributed by atoms with Crippen molar-refractivity contribution in [1.29, 1.82) is 0 Å². The van der Waals surface area contributed by atoms with Crippen molar-refractivity contribution >= 4 is 26.8 Å². The van der Waals surface area contributed by atoms with Gasteiger partial charge < -0.3 is 10.1 Å². The van der Waals surface area contributed by atoms with E-state index in [0.717, 1.165) is 33.8 Å². The fraction of sp³-hybridized carbons (Fsp3) is 0.273. The molecule has 14 heavy (non-hydrogen) atoms. The molecule has 0 unspecified atom stereocenters. The minimum absolute atomic E-state index is 0.566. The molecule has 1 fully saturated rings. The van der Waals surface area contributed by atoms with Crippen molar-refractivity contribution in [2.24, 2.45) is 0 Å². The smallest absolute Gasteiger partial charge is 0.0919 e. The second kappa shape index (κ2) is 2.61. The molecule has 3 rings (SSSR count). The van der Waals surface area contributed by atoms with Gasteiger partial charge >= 0.3 is 0 Å². The molecule has 0 aliphatic heterocycles. The van der Waals surface area contributed by atoms with Crippen LogP contribution in [0.25, 0.3) is 10.9 Å².